The predicted molar refractivity (Wildman–Crippen MR) is 98.2 cm³/mol. The summed E-state index contributed by atoms with van der Waals surface area (Å²) in [4.78, 5) is 21.7. The summed E-state index contributed by atoms with van der Waals surface area (Å²) in [5, 5.41) is 3.17. The Bertz CT molecular complexity index is 676. The predicted octanol–water partition coefficient (Wildman–Crippen LogP) is 1.26. The zero-order valence-corrected chi connectivity index (χ0v) is 15.1. The van der Waals surface area contributed by atoms with Gasteiger partial charge in [-0.2, -0.15) is 0 Å². The largest absolute Gasteiger partial charge is 0.342 e. The molecule has 1 saturated heterocycles. The van der Waals surface area contributed by atoms with Crippen molar-refractivity contribution in [3.63, 3.8) is 0 Å². The summed E-state index contributed by atoms with van der Waals surface area (Å²) < 4.78 is 1.96. The first-order valence-electron chi connectivity index (χ1n) is 8.86. The normalized spacial score (nSPS) is 17.4. The van der Waals surface area contributed by atoms with E-state index in [1.807, 2.05) is 48.1 Å². The molecular weight excluding hydrogens is 314 g/mol. The van der Waals surface area contributed by atoms with Crippen LogP contribution in [0.4, 0.5) is 0 Å². The Balaban J connectivity index is 1.62. The zero-order valence-electron chi connectivity index (χ0n) is 15.1. The van der Waals surface area contributed by atoms with E-state index in [-0.39, 0.29) is 11.9 Å². The van der Waals surface area contributed by atoms with Gasteiger partial charge in [0.1, 0.15) is 11.9 Å². The van der Waals surface area contributed by atoms with Crippen LogP contribution in [0.3, 0.4) is 0 Å². The maximum absolute atomic E-state index is 12.6. The maximum Gasteiger partial charge on any atom is 0.222 e. The van der Waals surface area contributed by atoms with Gasteiger partial charge in [0.2, 0.25) is 5.91 Å². The number of aryl methyl sites for hydroxylation is 1. The maximum atomic E-state index is 12.6. The fourth-order valence-corrected chi connectivity index (χ4v) is 3.16. The van der Waals surface area contributed by atoms with Crippen LogP contribution in [0.1, 0.15) is 23.9 Å². The number of carbonyl (C=O) groups is 1. The molecule has 2 heterocycles. The molecule has 1 aliphatic heterocycles. The lowest BCUT2D eigenvalue weighted by Crippen LogP contribution is -2.45. The van der Waals surface area contributed by atoms with E-state index in [9.17, 15) is 4.79 Å². The Morgan fingerprint density at radius 3 is 2.52 bits per heavy atom. The van der Waals surface area contributed by atoms with Gasteiger partial charge < -0.3 is 19.7 Å². The third-order valence-electron chi connectivity index (χ3n) is 4.81. The highest BCUT2D eigenvalue weighted by Crippen LogP contribution is 2.20. The van der Waals surface area contributed by atoms with Gasteiger partial charge in [-0.25, -0.2) is 4.98 Å². The van der Waals surface area contributed by atoms with Gasteiger partial charge in [-0.1, -0.05) is 30.3 Å². The number of rotatable bonds is 6. The summed E-state index contributed by atoms with van der Waals surface area (Å²) >= 11 is 0. The Kier molecular flexibility index (Phi) is 5.83. The minimum absolute atomic E-state index is 0.0655. The van der Waals surface area contributed by atoms with Crippen LogP contribution in [0.5, 0.6) is 0 Å². The van der Waals surface area contributed by atoms with Crippen molar-refractivity contribution in [2.45, 2.75) is 12.5 Å². The Labute approximate surface area is 149 Å². The van der Waals surface area contributed by atoms with Gasteiger partial charge in [-0.05, 0) is 12.6 Å². The minimum Gasteiger partial charge on any atom is -0.342 e. The number of amides is 1. The second-order valence-corrected chi connectivity index (χ2v) is 6.70. The van der Waals surface area contributed by atoms with Crippen LogP contribution in [0.2, 0.25) is 0 Å². The smallest absolute Gasteiger partial charge is 0.222 e. The highest BCUT2D eigenvalue weighted by atomic mass is 16.1. The number of carbonyl (C=O) groups excluding carboxylic acids is 1. The van der Waals surface area contributed by atoms with Crippen LogP contribution in [-0.4, -0.2) is 65.0 Å². The molecule has 1 aromatic carbocycles. The van der Waals surface area contributed by atoms with E-state index in [1.54, 1.807) is 6.20 Å². The van der Waals surface area contributed by atoms with E-state index in [2.05, 4.69) is 27.1 Å². The summed E-state index contributed by atoms with van der Waals surface area (Å²) in [5.41, 5.74) is 1.05. The van der Waals surface area contributed by atoms with Crippen molar-refractivity contribution in [1.29, 1.82) is 0 Å². The average molecular weight is 341 g/mol. The van der Waals surface area contributed by atoms with Crippen LogP contribution in [0.25, 0.3) is 0 Å². The van der Waals surface area contributed by atoms with Crippen molar-refractivity contribution in [3.05, 3.63) is 54.1 Å². The molecule has 1 aromatic heterocycles. The van der Waals surface area contributed by atoms with Crippen molar-refractivity contribution < 1.29 is 4.79 Å². The van der Waals surface area contributed by atoms with E-state index in [0.717, 1.165) is 44.1 Å². The second kappa shape index (κ2) is 8.27. The fraction of sp³-hybridized carbons (Fsp3) is 0.474. The topological polar surface area (TPSA) is 53.4 Å². The first-order valence-corrected chi connectivity index (χ1v) is 8.86. The molecule has 6 heteroatoms. The minimum atomic E-state index is -0.221. The van der Waals surface area contributed by atoms with Gasteiger partial charge in [-0.15, -0.1) is 0 Å². The highest BCUT2D eigenvalue weighted by Gasteiger charge is 2.21. The second-order valence-electron chi connectivity index (χ2n) is 6.70. The van der Waals surface area contributed by atoms with E-state index in [4.69, 9.17) is 0 Å². The summed E-state index contributed by atoms with van der Waals surface area (Å²) in [6, 6.07) is 9.79. The lowest BCUT2D eigenvalue weighted by molar-refractivity contribution is -0.122. The van der Waals surface area contributed by atoms with Crippen molar-refractivity contribution in [1.82, 2.24) is 24.7 Å². The quantitative estimate of drug-likeness (QED) is 0.860. The molecule has 1 unspecified atom stereocenters. The van der Waals surface area contributed by atoms with Crippen LogP contribution >= 0.6 is 0 Å². The molecule has 0 spiro atoms. The molecule has 1 amide bonds. The van der Waals surface area contributed by atoms with Crippen LogP contribution in [0, 0.1) is 0 Å². The lowest BCUT2D eigenvalue weighted by atomic mass is 10.1. The van der Waals surface area contributed by atoms with E-state index >= 15 is 0 Å². The summed E-state index contributed by atoms with van der Waals surface area (Å²) in [5.74, 6) is 0.912. The first kappa shape index (κ1) is 17.6. The Hall–Kier alpha value is -2.18. The van der Waals surface area contributed by atoms with Gasteiger partial charge in [0, 0.05) is 58.6 Å². The number of piperazine rings is 1. The molecule has 6 nitrogen and oxygen atoms in total. The SMILES string of the molecule is CN1CCN(CCC(=O)NC(c2ccccc2)c2nccn2C)CC1. The van der Waals surface area contributed by atoms with Crippen molar-refractivity contribution in [2.75, 3.05) is 39.8 Å². The van der Waals surface area contributed by atoms with Crippen LogP contribution < -0.4 is 5.32 Å². The number of nitrogens with one attached hydrogen (secondary N) is 1. The number of hydrogen-bond donors (Lipinski definition) is 1. The van der Waals surface area contributed by atoms with Gasteiger partial charge >= 0.3 is 0 Å². The summed E-state index contributed by atoms with van der Waals surface area (Å²) in [7, 11) is 4.09. The third-order valence-corrected chi connectivity index (χ3v) is 4.81. The van der Waals surface area contributed by atoms with Crippen LogP contribution in [0.15, 0.2) is 42.7 Å². The molecule has 134 valence electrons. The van der Waals surface area contributed by atoms with Gasteiger partial charge in [-0.3, -0.25) is 4.79 Å². The van der Waals surface area contributed by atoms with Crippen molar-refractivity contribution in [2.24, 2.45) is 7.05 Å². The fourth-order valence-electron chi connectivity index (χ4n) is 3.16. The van der Waals surface area contributed by atoms with Gasteiger partial charge in [0.25, 0.3) is 0 Å². The number of benzene rings is 1. The molecule has 1 aliphatic rings. The average Bonchev–Trinajstić information content (AvgIpc) is 3.06. The molecular formula is C19H27N5O. The molecule has 0 bridgehead atoms. The molecule has 0 aliphatic carbocycles. The number of aromatic nitrogens is 2. The number of likely N-dealkylation sites (N-methyl/N-ethyl adjacent to an activating group) is 1. The number of nitrogens with zero attached hydrogens (tertiary/aromatic N) is 4. The molecule has 25 heavy (non-hydrogen) atoms. The van der Waals surface area contributed by atoms with Gasteiger partial charge in [0.05, 0.1) is 0 Å². The highest BCUT2D eigenvalue weighted by molar-refractivity contribution is 5.77. The summed E-state index contributed by atoms with van der Waals surface area (Å²) in [6.45, 7) is 5.02. The van der Waals surface area contributed by atoms with E-state index < -0.39 is 0 Å². The third kappa shape index (κ3) is 4.67. The van der Waals surface area contributed by atoms with E-state index in [0.29, 0.717) is 6.42 Å². The molecule has 3 rings (SSSR count). The lowest BCUT2D eigenvalue weighted by Gasteiger charge is -2.32. The van der Waals surface area contributed by atoms with Crippen molar-refractivity contribution >= 4 is 5.91 Å². The number of hydrogen-bond acceptors (Lipinski definition) is 4. The van der Waals surface area contributed by atoms with Crippen molar-refractivity contribution in [3.8, 4) is 0 Å². The molecule has 1 N–H and O–H groups in total. The molecule has 0 radical (unpaired) electrons. The standard InChI is InChI=1S/C19H27N5O/c1-22-12-14-24(15-13-22)10-8-17(25)21-18(16-6-4-3-5-7-16)19-20-9-11-23(19)2/h3-7,9,11,18H,8,10,12-15H2,1-2H3,(H,21,25). The Morgan fingerprint density at radius 2 is 1.88 bits per heavy atom. The molecule has 0 saturated carbocycles. The zero-order chi connectivity index (χ0) is 17.6. The molecule has 2 aromatic rings. The first-order chi connectivity index (χ1) is 12.1. The number of imidazole rings is 1. The van der Waals surface area contributed by atoms with E-state index in [1.165, 1.54) is 0 Å². The van der Waals surface area contributed by atoms with Gasteiger partial charge in [0.15, 0.2) is 0 Å². The van der Waals surface area contributed by atoms with Crippen LogP contribution in [-0.2, 0) is 11.8 Å². The Morgan fingerprint density at radius 1 is 1.16 bits per heavy atom. The summed E-state index contributed by atoms with van der Waals surface area (Å²) in [6.07, 6.45) is 4.18. The molecule has 1 fully saturated rings. The monoisotopic (exact) mass is 341 g/mol. The molecule has 1 atom stereocenters.